The van der Waals surface area contributed by atoms with Crippen LogP contribution in [0.3, 0.4) is 0 Å². The lowest BCUT2D eigenvalue weighted by Gasteiger charge is -2.11. The van der Waals surface area contributed by atoms with E-state index < -0.39 is 0 Å². The number of amides is 1. The molecule has 1 saturated carbocycles. The van der Waals surface area contributed by atoms with Gasteiger partial charge in [0.2, 0.25) is 5.91 Å². The molecule has 1 aliphatic carbocycles. The third-order valence-corrected chi connectivity index (χ3v) is 4.92. The number of halogens is 1. The molecule has 0 atom stereocenters. The number of carbonyl (C=O) groups excluding carboxylic acids is 1. The van der Waals surface area contributed by atoms with Gasteiger partial charge in [-0.05, 0) is 24.5 Å². The highest BCUT2D eigenvalue weighted by Gasteiger charge is 2.16. The number of carbonyl (C=O) groups is 1. The van der Waals surface area contributed by atoms with E-state index in [-0.39, 0.29) is 5.91 Å². The van der Waals surface area contributed by atoms with Crippen molar-refractivity contribution in [1.29, 1.82) is 0 Å². The fourth-order valence-corrected chi connectivity index (χ4v) is 3.66. The highest BCUT2D eigenvalue weighted by molar-refractivity contribution is 9.10. The van der Waals surface area contributed by atoms with Crippen molar-refractivity contribution in [3.63, 3.8) is 0 Å². The monoisotopic (exact) mass is 327 g/mol. The average molecular weight is 328 g/mol. The number of hydrogen-bond acceptors (Lipinski definition) is 2. The molecule has 4 heteroatoms. The standard InChI is InChI=1S/C14H18BrNOS/c15-13-8-4-1-5-11(13)9-18-10-14(17)16-12-6-2-3-7-12/h1,4-5,8,12H,2-3,6-7,9-10H2,(H,16,17). The molecule has 18 heavy (non-hydrogen) atoms. The second-order valence-corrected chi connectivity index (χ2v) is 6.47. The maximum absolute atomic E-state index is 11.7. The van der Waals surface area contributed by atoms with Gasteiger partial charge >= 0.3 is 0 Å². The minimum Gasteiger partial charge on any atom is -0.353 e. The number of thioether (sulfide) groups is 1. The number of rotatable bonds is 5. The number of hydrogen-bond donors (Lipinski definition) is 1. The molecule has 98 valence electrons. The Morgan fingerprint density at radius 3 is 2.78 bits per heavy atom. The third-order valence-electron chi connectivity index (χ3n) is 3.17. The second kappa shape index (κ2) is 7.19. The Morgan fingerprint density at radius 2 is 2.06 bits per heavy atom. The summed E-state index contributed by atoms with van der Waals surface area (Å²) in [5, 5.41) is 3.11. The molecule has 0 heterocycles. The predicted octanol–water partition coefficient (Wildman–Crippen LogP) is 3.74. The molecule has 1 aromatic rings. The Balaban J connectivity index is 1.68. The first-order valence-corrected chi connectivity index (χ1v) is 8.31. The predicted molar refractivity (Wildman–Crippen MR) is 80.7 cm³/mol. The summed E-state index contributed by atoms with van der Waals surface area (Å²) in [6, 6.07) is 8.59. The molecule has 2 rings (SSSR count). The van der Waals surface area contributed by atoms with Gasteiger partial charge in [-0.25, -0.2) is 0 Å². The van der Waals surface area contributed by atoms with Gasteiger partial charge in [0.1, 0.15) is 0 Å². The molecule has 0 radical (unpaired) electrons. The van der Waals surface area contributed by atoms with E-state index in [0.717, 1.165) is 23.1 Å². The van der Waals surface area contributed by atoms with Gasteiger partial charge in [0.15, 0.2) is 0 Å². The molecule has 0 saturated heterocycles. The highest BCUT2D eigenvalue weighted by Crippen LogP contribution is 2.21. The van der Waals surface area contributed by atoms with Crippen molar-refractivity contribution in [3.8, 4) is 0 Å². The molecule has 0 aliphatic heterocycles. The Kier molecular flexibility index (Phi) is 5.57. The molecule has 0 unspecified atom stereocenters. The number of nitrogens with one attached hydrogen (secondary N) is 1. The normalized spacial score (nSPS) is 15.8. The van der Waals surface area contributed by atoms with Crippen LogP contribution in [0.5, 0.6) is 0 Å². The van der Waals surface area contributed by atoms with E-state index in [1.807, 2.05) is 18.2 Å². The van der Waals surface area contributed by atoms with E-state index in [9.17, 15) is 4.79 Å². The maximum Gasteiger partial charge on any atom is 0.230 e. The maximum atomic E-state index is 11.7. The van der Waals surface area contributed by atoms with Gasteiger partial charge in [-0.15, -0.1) is 11.8 Å². The van der Waals surface area contributed by atoms with Crippen LogP contribution in [0.2, 0.25) is 0 Å². The fraction of sp³-hybridized carbons (Fsp3) is 0.500. The van der Waals surface area contributed by atoms with Crippen LogP contribution < -0.4 is 5.32 Å². The van der Waals surface area contributed by atoms with Crippen molar-refractivity contribution >= 4 is 33.6 Å². The van der Waals surface area contributed by atoms with Gasteiger partial charge in [-0.2, -0.15) is 0 Å². The smallest absolute Gasteiger partial charge is 0.230 e. The lowest BCUT2D eigenvalue weighted by molar-refractivity contribution is -0.119. The molecule has 1 aliphatic rings. The van der Waals surface area contributed by atoms with E-state index in [1.54, 1.807) is 11.8 Å². The fourth-order valence-electron chi connectivity index (χ4n) is 2.21. The molecule has 1 amide bonds. The lowest BCUT2D eigenvalue weighted by atomic mass is 10.2. The Hall–Kier alpha value is -0.480. The summed E-state index contributed by atoms with van der Waals surface area (Å²) >= 11 is 5.19. The largest absolute Gasteiger partial charge is 0.353 e. The molecule has 0 spiro atoms. The average Bonchev–Trinajstić information content (AvgIpc) is 2.84. The van der Waals surface area contributed by atoms with Crippen molar-refractivity contribution in [1.82, 2.24) is 5.32 Å². The molecule has 0 aromatic heterocycles. The zero-order valence-electron chi connectivity index (χ0n) is 10.3. The first-order valence-electron chi connectivity index (χ1n) is 6.36. The van der Waals surface area contributed by atoms with Crippen LogP contribution in [0.25, 0.3) is 0 Å². The Labute approximate surface area is 121 Å². The number of benzene rings is 1. The quantitative estimate of drug-likeness (QED) is 0.892. The van der Waals surface area contributed by atoms with Crippen LogP contribution in [0.1, 0.15) is 31.2 Å². The SMILES string of the molecule is O=C(CSCc1ccccc1Br)NC1CCCC1. The van der Waals surface area contributed by atoms with Crippen LogP contribution in [0.4, 0.5) is 0 Å². The van der Waals surface area contributed by atoms with Crippen molar-refractivity contribution < 1.29 is 4.79 Å². The van der Waals surface area contributed by atoms with E-state index in [1.165, 1.54) is 18.4 Å². The van der Waals surface area contributed by atoms with Crippen LogP contribution in [-0.2, 0) is 10.5 Å². The molecular formula is C14H18BrNOS. The van der Waals surface area contributed by atoms with Gasteiger partial charge in [-0.3, -0.25) is 4.79 Å². The second-order valence-electron chi connectivity index (χ2n) is 4.63. The summed E-state index contributed by atoms with van der Waals surface area (Å²) in [5.41, 5.74) is 1.25. The summed E-state index contributed by atoms with van der Waals surface area (Å²) < 4.78 is 1.12. The van der Waals surface area contributed by atoms with Crippen LogP contribution in [-0.4, -0.2) is 17.7 Å². The summed E-state index contributed by atoms with van der Waals surface area (Å²) in [4.78, 5) is 11.7. The van der Waals surface area contributed by atoms with E-state index in [2.05, 4.69) is 27.3 Å². The summed E-state index contributed by atoms with van der Waals surface area (Å²) in [6.07, 6.45) is 4.82. The highest BCUT2D eigenvalue weighted by atomic mass is 79.9. The van der Waals surface area contributed by atoms with Crippen molar-refractivity contribution in [2.45, 2.75) is 37.5 Å². The topological polar surface area (TPSA) is 29.1 Å². The first-order chi connectivity index (χ1) is 8.75. The van der Waals surface area contributed by atoms with E-state index in [0.29, 0.717) is 11.8 Å². The first kappa shape index (κ1) is 13.9. The summed E-state index contributed by atoms with van der Waals surface area (Å²) in [5.74, 6) is 1.61. The lowest BCUT2D eigenvalue weighted by Crippen LogP contribution is -2.33. The van der Waals surface area contributed by atoms with E-state index in [4.69, 9.17) is 0 Å². The minimum atomic E-state index is 0.180. The molecule has 0 bridgehead atoms. The summed E-state index contributed by atoms with van der Waals surface area (Å²) in [6.45, 7) is 0. The van der Waals surface area contributed by atoms with Gasteiger partial charge in [0.25, 0.3) is 0 Å². The van der Waals surface area contributed by atoms with Gasteiger partial charge in [0, 0.05) is 16.3 Å². The van der Waals surface area contributed by atoms with Crippen molar-refractivity contribution in [3.05, 3.63) is 34.3 Å². The molecule has 2 nitrogen and oxygen atoms in total. The van der Waals surface area contributed by atoms with Crippen LogP contribution in [0.15, 0.2) is 28.7 Å². The summed E-state index contributed by atoms with van der Waals surface area (Å²) in [7, 11) is 0. The molecule has 1 fully saturated rings. The minimum absolute atomic E-state index is 0.180. The molecular weight excluding hydrogens is 310 g/mol. The molecule has 1 N–H and O–H groups in total. The van der Waals surface area contributed by atoms with Gasteiger partial charge < -0.3 is 5.32 Å². The third kappa shape index (κ3) is 4.32. The molecule has 1 aromatic carbocycles. The van der Waals surface area contributed by atoms with Gasteiger partial charge in [0.05, 0.1) is 5.75 Å². The zero-order chi connectivity index (χ0) is 12.8. The zero-order valence-corrected chi connectivity index (χ0v) is 12.7. The van der Waals surface area contributed by atoms with Gasteiger partial charge in [-0.1, -0.05) is 47.0 Å². The van der Waals surface area contributed by atoms with Crippen LogP contribution in [0, 0.1) is 0 Å². The van der Waals surface area contributed by atoms with E-state index >= 15 is 0 Å². The van der Waals surface area contributed by atoms with Crippen LogP contribution >= 0.6 is 27.7 Å². The Morgan fingerprint density at radius 1 is 1.33 bits per heavy atom. The Bertz CT molecular complexity index is 405. The van der Waals surface area contributed by atoms with Crippen molar-refractivity contribution in [2.24, 2.45) is 0 Å². The van der Waals surface area contributed by atoms with Crippen molar-refractivity contribution in [2.75, 3.05) is 5.75 Å².